The van der Waals surface area contributed by atoms with Crippen LogP contribution in [0.2, 0.25) is 0 Å². The molecule has 1 heterocycles. The second-order valence-electron chi connectivity index (χ2n) is 5.18. The summed E-state index contributed by atoms with van der Waals surface area (Å²) in [6, 6.07) is 0.310. The second kappa shape index (κ2) is 3.79. The summed E-state index contributed by atoms with van der Waals surface area (Å²) in [7, 11) is 0. The molecule has 1 saturated heterocycles. The van der Waals surface area contributed by atoms with E-state index in [1.165, 1.54) is 0 Å². The van der Waals surface area contributed by atoms with Crippen LogP contribution in [0.5, 0.6) is 0 Å². The van der Waals surface area contributed by atoms with E-state index >= 15 is 0 Å². The standard InChI is InChI=1S/C11H21NO2/c1-8-6-7-12(9(8)2)10(13)14-11(3,4)5/h8-9H,6-7H2,1-5H3/t8?,9-/m1/s1. The lowest BCUT2D eigenvalue weighted by atomic mass is 10.1. The van der Waals surface area contributed by atoms with Crippen molar-refractivity contribution in [1.29, 1.82) is 0 Å². The molecule has 0 spiro atoms. The number of hydrogen-bond acceptors (Lipinski definition) is 2. The molecule has 14 heavy (non-hydrogen) atoms. The van der Waals surface area contributed by atoms with Crippen molar-refractivity contribution in [2.45, 2.75) is 52.7 Å². The van der Waals surface area contributed by atoms with Gasteiger partial charge in [-0.15, -0.1) is 0 Å². The van der Waals surface area contributed by atoms with E-state index in [1.54, 1.807) is 0 Å². The lowest BCUT2D eigenvalue weighted by Gasteiger charge is -2.27. The predicted octanol–water partition coefficient (Wildman–Crippen LogP) is 2.65. The Morgan fingerprint density at radius 2 is 1.93 bits per heavy atom. The van der Waals surface area contributed by atoms with Crippen LogP contribution in [-0.4, -0.2) is 29.2 Å². The molecule has 1 rings (SSSR count). The van der Waals surface area contributed by atoms with Gasteiger partial charge < -0.3 is 9.64 Å². The third kappa shape index (κ3) is 2.63. The van der Waals surface area contributed by atoms with E-state index in [2.05, 4.69) is 13.8 Å². The molecule has 1 aliphatic heterocycles. The number of ether oxygens (including phenoxy) is 1. The summed E-state index contributed by atoms with van der Waals surface area (Å²) in [6.07, 6.45) is 0.912. The van der Waals surface area contributed by atoms with Crippen molar-refractivity contribution in [1.82, 2.24) is 4.90 Å². The Morgan fingerprint density at radius 1 is 1.36 bits per heavy atom. The fourth-order valence-electron chi connectivity index (χ4n) is 1.67. The van der Waals surface area contributed by atoms with E-state index in [1.807, 2.05) is 25.7 Å². The molecule has 0 aromatic heterocycles. The van der Waals surface area contributed by atoms with Crippen molar-refractivity contribution in [3.63, 3.8) is 0 Å². The third-order valence-corrected chi connectivity index (χ3v) is 2.77. The third-order valence-electron chi connectivity index (χ3n) is 2.77. The van der Waals surface area contributed by atoms with Crippen LogP contribution in [-0.2, 0) is 4.74 Å². The maximum absolute atomic E-state index is 11.7. The molecule has 0 saturated carbocycles. The van der Waals surface area contributed by atoms with Crippen molar-refractivity contribution in [3.8, 4) is 0 Å². The quantitative estimate of drug-likeness (QED) is 0.600. The first-order chi connectivity index (χ1) is 6.31. The van der Waals surface area contributed by atoms with Gasteiger partial charge in [-0.2, -0.15) is 0 Å². The molecule has 82 valence electrons. The lowest BCUT2D eigenvalue weighted by Crippen LogP contribution is -2.39. The van der Waals surface area contributed by atoms with Gasteiger partial charge in [0, 0.05) is 12.6 Å². The maximum Gasteiger partial charge on any atom is 0.410 e. The van der Waals surface area contributed by atoms with Crippen molar-refractivity contribution >= 4 is 6.09 Å². The van der Waals surface area contributed by atoms with Gasteiger partial charge in [-0.1, -0.05) is 6.92 Å². The smallest absolute Gasteiger partial charge is 0.410 e. The van der Waals surface area contributed by atoms with Crippen LogP contribution in [0.4, 0.5) is 4.79 Å². The zero-order valence-electron chi connectivity index (χ0n) is 9.83. The first kappa shape index (κ1) is 11.3. The molecule has 1 aliphatic rings. The van der Waals surface area contributed by atoms with E-state index in [0.717, 1.165) is 13.0 Å². The number of rotatable bonds is 0. The van der Waals surface area contributed by atoms with Gasteiger partial charge >= 0.3 is 6.09 Å². The normalized spacial score (nSPS) is 27.9. The molecule has 3 heteroatoms. The van der Waals surface area contributed by atoms with Crippen LogP contribution in [0.25, 0.3) is 0 Å². The molecule has 0 N–H and O–H groups in total. The van der Waals surface area contributed by atoms with Crippen LogP contribution in [0.1, 0.15) is 41.0 Å². The zero-order valence-corrected chi connectivity index (χ0v) is 9.83. The summed E-state index contributed by atoms with van der Waals surface area (Å²) in [5.41, 5.74) is -0.386. The van der Waals surface area contributed by atoms with E-state index in [0.29, 0.717) is 12.0 Å². The topological polar surface area (TPSA) is 29.5 Å². The fourth-order valence-corrected chi connectivity index (χ4v) is 1.67. The summed E-state index contributed by atoms with van der Waals surface area (Å²) in [6.45, 7) is 10.8. The molecule has 1 unspecified atom stereocenters. The average molecular weight is 199 g/mol. The number of nitrogens with zero attached hydrogens (tertiary/aromatic N) is 1. The lowest BCUT2D eigenvalue weighted by molar-refractivity contribution is 0.0225. The van der Waals surface area contributed by atoms with E-state index < -0.39 is 0 Å². The molecule has 0 aliphatic carbocycles. The Morgan fingerprint density at radius 3 is 2.29 bits per heavy atom. The van der Waals surface area contributed by atoms with Gasteiger partial charge in [-0.25, -0.2) is 4.79 Å². The number of hydrogen-bond donors (Lipinski definition) is 0. The fraction of sp³-hybridized carbons (Fsp3) is 0.909. The average Bonchev–Trinajstić information content (AvgIpc) is 2.29. The van der Waals surface area contributed by atoms with Gasteiger partial charge in [0.15, 0.2) is 0 Å². The largest absolute Gasteiger partial charge is 0.444 e. The van der Waals surface area contributed by atoms with Gasteiger partial charge in [0.05, 0.1) is 0 Å². The van der Waals surface area contributed by atoms with Gasteiger partial charge in [-0.3, -0.25) is 0 Å². The van der Waals surface area contributed by atoms with Crippen LogP contribution in [0, 0.1) is 5.92 Å². The summed E-state index contributed by atoms with van der Waals surface area (Å²) >= 11 is 0. The maximum atomic E-state index is 11.7. The molecule has 2 atom stereocenters. The highest BCUT2D eigenvalue weighted by Gasteiger charge is 2.33. The summed E-state index contributed by atoms with van der Waals surface area (Å²) in [5, 5.41) is 0. The van der Waals surface area contributed by atoms with E-state index in [4.69, 9.17) is 4.74 Å². The van der Waals surface area contributed by atoms with E-state index in [9.17, 15) is 4.79 Å². The highest BCUT2D eigenvalue weighted by molar-refractivity contribution is 5.68. The Kier molecular flexibility index (Phi) is 3.07. The highest BCUT2D eigenvalue weighted by atomic mass is 16.6. The molecule has 0 radical (unpaired) electrons. The van der Waals surface area contributed by atoms with Crippen LogP contribution < -0.4 is 0 Å². The van der Waals surface area contributed by atoms with E-state index in [-0.39, 0.29) is 11.7 Å². The number of carbonyl (C=O) groups excluding carboxylic acids is 1. The predicted molar refractivity (Wildman–Crippen MR) is 56.2 cm³/mol. The summed E-state index contributed by atoms with van der Waals surface area (Å²) in [4.78, 5) is 13.5. The number of carbonyl (C=O) groups is 1. The Hall–Kier alpha value is -0.730. The highest BCUT2D eigenvalue weighted by Crippen LogP contribution is 2.25. The van der Waals surface area contributed by atoms with Crippen molar-refractivity contribution in [2.75, 3.05) is 6.54 Å². The second-order valence-corrected chi connectivity index (χ2v) is 5.18. The van der Waals surface area contributed by atoms with Crippen molar-refractivity contribution in [3.05, 3.63) is 0 Å². The Balaban J connectivity index is 2.54. The molecule has 1 amide bonds. The van der Waals surface area contributed by atoms with Crippen molar-refractivity contribution in [2.24, 2.45) is 5.92 Å². The molecule has 0 aromatic rings. The minimum absolute atomic E-state index is 0.172. The first-order valence-electron chi connectivity index (χ1n) is 5.31. The minimum Gasteiger partial charge on any atom is -0.444 e. The minimum atomic E-state index is -0.386. The van der Waals surface area contributed by atoms with Crippen molar-refractivity contribution < 1.29 is 9.53 Å². The summed E-state index contributed by atoms with van der Waals surface area (Å²) < 4.78 is 5.33. The Labute approximate surface area is 86.4 Å². The van der Waals surface area contributed by atoms with Crippen LogP contribution >= 0.6 is 0 Å². The molecule has 0 bridgehead atoms. The zero-order chi connectivity index (χ0) is 10.9. The monoisotopic (exact) mass is 199 g/mol. The molecular formula is C11H21NO2. The number of likely N-dealkylation sites (tertiary alicyclic amines) is 1. The van der Waals surface area contributed by atoms with Gasteiger partial charge in [0.2, 0.25) is 0 Å². The Bertz CT molecular complexity index is 220. The molecule has 0 aromatic carbocycles. The molecular weight excluding hydrogens is 178 g/mol. The van der Waals surface area contributed by atoms with Crippen LogP contribution in [0.15, 0.2) is 0 Å². The SMILES string of the molecule is CC1CCN(C(=O)OC(C)(C)C)[C@@H]1C. The van der Waals surface area contributed by atoms with Gasteiger partial charge in [-0.05, 0) is 40.0 Å². The molecule has 3 nitrogen and oxygen atoms in total. The summed E-state index contributed by atoms with van der Waals surface area (Å²) in [5.74, 6) is 0.586. The molecule has 1 fully saturated rings. The van der Waals surface area contributed by atoms with Gasteiger partial charge in [0.25, 0.3) is 0 Å². The number of amides is 1. The van der Waals surface area contributed by atoms with Crippen LogP contribution in [0.3, 0.4) is 0 Å². The van der Waals surface area contributed by atoms with Gasteiger partial charge in [0.1, 0.15) is 5.60 Å². The first-order valence-corrected chi connectivity index (χ1v) is 5.31.